The molecule has 1 fully saturated rings. The van der Waals surface area contributed by atoms with E-state index in [0.717, 1.165) is 31.7 Å². The molecule has 7 heteroatoms. The number of nitrogens with one attached hydrogen (secondary N) is 2. The van der Waals surface area contributed by atoms with Crippen LogP contribution >= 0.6 is 11.6 Å². The Labute approximate surface area is 163 Å². The molecule has 2 N–H and O–H groups in total. The fourth-order valence-corrected chi connectivity index (χ4v) is 3.52. The third-order valence-corrected chi connectivity index (χ3v) is 5.05. The van der Waals surface area contributed by atoms with Crippen LogP contribution in [0.4, 0.5) is 0 Å². The van der Waals surface area contributed by atoms with Gasteiger partial charge in [-0.2, -0.15) is 0 Å². The average molecular weight is 390 g/mol. The number of carbonyl (C=O) groups is 2. The number of nitrogens with zero attached hydrogens (tertiary/aromatic N) is 1. The molecule has 1 aliphatic rings. The van der Waals surface area contributed by atoms with Crippen LogP contribution in [0.15, 0.2) is 47.1 Å². The fourth-order valence-electron chi connectivity index (χ4n) is 3.29. The third kappa shape index (κ3) is 5.34. The van der Waals surface area contributed by atoms with Crippen LogP contribution in [-0.2, 0) is 4.79 Å². The first-order chi connectivity index (χ1) is 13.1. The lowest BCUT2D eigenvalue weighted by atomic mass is 10.1. The van der Waals surface area contributed by atoms with Crippen LogP contribution in [-0.4, -0.2) is 42.9 Å². The smallest absolute Gasteiger partial charge is 0.253 e. The van der Waals surface area contributed by atoms with Crippen LogP contribution in [0.5, 0.6) is 0 Å². The Kier molecular flexibility index (Phi) is 6.90. The molecule has 0 saturated carbocycles. The zero-order valence-electron chi connectivity index (χ0n) is 15.1. The monoisotopic (exact) mass is 389 g/mol. The fraction of sp³-hybridized carbons (Fsp3) is 0.400. The van der Waals surface area contributed by atoms with Crippen LogP contribution in [0.1, 0.15) is 41.4 Å². The molecule has 3 rings (SSSR count). The van der Waals surface area contributed by atoms with Crippen LogP contribution in [0.2, 0.25) is 5.02 Å². The number of benzene rings is 1. The molecule has 27 heavy (non-hydrogen) atoms. The molecule has 144 valence electrons. The summed E-state index contributed by atoms with van der Waals surface area (Å²) < 4.78 is 5.57. The van der Waals surface area contributed by atoms with E-state index in [1.807, 2.05) is 12.1 Å². The number of rotatable bonds is 7. The van der Waals surface area contributed by atoms with E-state index in [-0.39, 0.29) is 24.4 Å². The molecule has 1 atom stereocenters. The summed E-state index contributed by atoms with van der Waals surface area (Å²) in [7, 11) is 0. The molecule has 1 saturated heterocycles. The molecular weight excluding hydrogens is 366 g/mol. The van der Waals surface area contributed by atoms with Gasteiger partial charge in [0.1, 0.15) is 5.76 Å². The van der Waals surface area contributed by atoms with E-state index in [1.165, 1.54) is 6.42 Å². The van der Waals surface area contributed by atoms with Crippen LogP contribution in [0, 0.1) is 0 Å². The lowest BCUT2D eigenvalue weighted by molar-refractivity contribution is -0.120. The maximum Gasteiger partial charge on any atom is 0.253 e. The molecule has 1 aromatic carbocycles. The van der Waals surface area contributed by atoms with Gasteiger partial charge in [-0.05, 0) is 50.2 Å². The van der Waals surface area contributed by atoms with E-state index in [2.05, 4.69) is 15.5 Å². The quantitative estimate of drug-likeness (QED) is 0.763. The molecule has 0 bridgehead atoms. The second-order valence-electron chi connectivity index (χ2n) is 6.59. The van der Waals surface area contributed by atoms with Crippen molar-refractivity contribution in [2.24, 2.45) is 0 Å². The summed E-state index contributed by atoms with van der Waals surface area (Å²) >= 11 is 6.00. The van der Waals surface area contributed by atoms with Gasteiger partial charge in [-0.15, -0.1) is 0 Å². The topological polar surface area (TPSA) is 74.6 Å². The van der Waals surface area contributed by atoms with Crippen molar-refractivity contribution < 1.29 is 14.0 Å². The summed E-state index contributed by atoms with van der Waals surface area (Å²) in [6, 6.07) is 10.5. The highest BCUT2D eigenvalue weighted by Crippen LogP contribution is 2.24. The number of amides is 2. The summed E-state index contributed by atoms with van der Waals surface area (Å²) in [5.41, 5.74) is 0.355. The summed E-state index contributed by atoms with van der Waals surface area (Å²) in [6.45, 7) is 2.32. The van der Waals surface area contributed by atoms with Crippen LogP contribution < -0.4 is 10.6 Å². The Morgan fingerprint density at radius 1 is 1.07 bits per heavy atom. The van der Waals surface area contributed by atoms with Crippen molar-refractivity contribution in [3.63, 3.8) is 0 Å². The van der Waals surface area contributed by atoms with Gasteiger partial charge in [0, 0.05) is 6.54 Å². The summed E-state index contributed by atoms with van der Waals surface area (Å²) in [5, 5.41) is 5.87. The Bertz CT molecular complexity index is 758. The molecule has 1 aliphatic heterocycles. The molecular formula is C20H24ClN3O3. The van der Waals surface area contributed by atoms with E-state index in [1.54, 1.807) is 30.5 Å². The number of likely N-dealkylation sites (tertiary alicyclic amines) is 1. The Balaban J connectivity index is 1.52. The maximum absolute atomic E-state index is 12.2. The van der Waals surface area contributed by atoms with Crippen molar-refractivity contribution in [2.45, 2.75) is 25.3 Å². The van der Waals surface area contributed by atoms with E-state index in [9.17, 15) is 9.59 Å². The van der Waals surface area contributed by atoms with Crippen molar-refractivity contribution in [1.29, 1.82) is 0 Å². The van der Waals surface area contributed by atoms with E-state index < -0.39 is 0 Å². The second-order valence-corrected chi connectivity index (χ2v) is 7.00. The Morgan fingerprint density at radius 2 is 1.85 bits per heavy atom. The van der Waals surface area contributed by atoms with Gasteiger partial charge in [0.2, 0.25) is 5.91 Å². The third-order valence-electron chi connectivity index (χ3n) is 4.72. The zero-order valence-corrected chi connectivity index (χ0v) is 15.9. The minimum absolute atomic E-state index is 0.00326. The van der Waals surface area contributed by atoms with Gasteiger partial charge >= 0.3 is 0 Å². The standard InChI is InChI=1S/C20H24ClN3O3/c21-16-8-3-2-7-15(16)20(26)23-14-19(25)22-13-17(18-9-6-12-27-18)24-10-4-1-5-11-24/h2-3,6-9,12,17H,1,4-5,10-11,13-14H2,(H,22,25)(H,23,26). The largest absolute Gasteiger partial charge is 0.468 e. The molecule has 0 radical (unpaired) electrons. The van der Waals surface area contributed by atoms with Gasteiger partial charge in [-0.3, -0.25) is 14.5 Å². The first-order valence-corrected chi connectivity index (χ1v) is 9.60. The zero-order chi connectivity index (χ0) is 19.1. The van der Waals surface area contributed by atoms with Gasteiger partial charge in [0.15, 0.2) is 0 Å². The highest BCUT2D eigenvalue weighted by atomic mass is 35.5. The Morgan fingerprint density at radius 3 is 2.56 bits per heavy atom. The lowest BCUT2D eigenvalue weighted by Gasteiger charge is -2.33. The highest BCUT2D eigenvalue weighted by Gasteiger charge is 2.25. The number of hydrogen-bond acceptors (Lipinski definition) is 4. The summed E-state index contributed by atoms with van der Waals surface area (Å²) in [5.74, 6) is 0.232. The van der Waals surface area contributed by atoms with E-state index in [4.69, 9.17) is 16.0 Å². The molecule has 6 nitrogen and oxygen atoms in total. The maximum atomic E-state index is 12.2. The predicted octanol–water partition coefficient (Wildman–Crippen LogP) is 3.01. The van der Waals surface area contributed by atoms with E-state index >= 15 is 0 Å². The summed E-state index contributed by atoms with van der Waals surface area (Å²) in [6.07, 6.45) is 5.19. The average Bonchev–Trinajstić information content (AvgIpc) is 3.22. The predicted molar refractivity (Wildman–Crippen MR) is 104 cm³/mol. The van der Waals surface area contributed by atoms with Crippen molar-refractivity contribution in [2.75, 3.05) is 26.2 Å². The van der Waals surface area contributed by atoms with Gasteiger partial charge < -0.3 is 15.1 Å². The van der Waals surface area contributed by atoms with E-state index in [0.29, 0.717) is 17.1 Å². The highest BCUT2D eigenvalue weighted by molar-refractivity contribution is 6.33. The lowest BCUT2D eigenvalue weighted by Crippen LogP contribution is -2.43. The molecule has 0 aliphatic carbocycles. The van der Waals surface area contributed by atoms with Crippen molar-refractivity contribution in [1.82, 2.24) is 15.5 Å². The number of hydrogen-bond donors (Lipinski definition) is 2. The van der Waals surface area contributed by atoms with Crippen LogP contribution in [0.25, 0.3) is 0 Å². The van der Waals surface area contributed by atoms with Crippen LogP contribution in [0.3, 0.4) is 0 Å². The molecule has 2 amide bonds. The first-order valence-electron chi connectivity index (χ1n) is 9.22. The van der Waals surface area contributed by atoms with Gasteiger partial charge in [0.25, 0.3) is 5.91 Å². The molecule has 1 aromatic heterocycles. The minimum Gasteiger partial charge on any atom is -0.468 e. The minimum atomic E-state index is -0.366. The molecule has 0 spiro atoms. The summed E-state index contributed by atoms with van der Waals surface area (Å²) in [4.78, 5) is 26.7. The Hall–Kier alpha value is -2.31. The van der Waals surface area contributed by atoms with Crippen molar-refractivity contribution in [3.8, 4) is 0 Å². The number of halogens is 1. The van der Waals surface area contributed by atoms with Gasteiger partial charge in [0.05, 0.1) is 29.4 Å². The molecule has 1 unspecified atom stereocenters. The second kappa shape index (κ2) is 9.58. The SMILES string of the molecule is O=C(CNC(=O)c1ccccc1Cl)NCC(c1ccco1)N1CCCCC1. The molecule has 2 heterocycles. The number of carbonyl (C=O) groups excluding carboxylic acids is 2. The first kappa shape index (κ1) is 19.5. The normalized spacial score (nSPS) is 15.9. The number of furan rings is 1. The van der Waals surface area contributed by atoms with Gasteiger partial charge in [-0.1, -0.05) is 30.2 Å². The van der Waals surface area contributed by atoms with Gasteiger partial charge in [-0.25, -0.2) is 0 Å². The van der Waals surface area contributed by atoms with Crippen molar-refractivity contribution in [3.05, 3.63) is 59.0 Å². The molecule has 2 aromatic rings. The van der Waals surface area contributed by atoms with Crippen molar-refractivity contribution >= 4 is 23.4 Å². The number of piperidine rings is 1.